The highest BCUT2D eigenvalue weighted by atomic mass is 16.5. The molecule has 1 aromatic carbocycles. The third kappa shape index (κ3) is 8.72. The van der Waals surface area contributed by atoms with Gasteiger partial charge in [0.1, 0.15) is 0 Å². The van der Waals surface area contributed by atoms with Gasteiger partial charge in [0.15, 0.2) is 11.5 Å². The van der Waals surface area contributed by atoms with E-state index in [9.17, 15) is 0 Å². The SMILES string of the molecule is COc1cccc(CNCCCN2CCOCC2)c1OC.O=C(O)C(=O)O. The molecule has 152 valence electrons. The van der Waals surface area contributed by atoms with E-state index < -0.39 is 11.9 Å². The number of morpholine rings is 1. The second-order valence-electron chi connectivity index (χ2n) is 5.75. The molecule has 0 aromatic heterocycles. The highest BCUT2D eigenvalue weighted by molar-refractivity contribution is 6.27. The fraction of sp³-hybridized carbons (Fsp3) is 0.556. The lowest BCUT2D eigenvalue weighted by Gasteiger charge is -2.26. The topological polar surface area (TPSA) is 118 Å². The number of aliphatic carboxylic acids is 2. The van der Waals surface area contributed by atoms with Gasteiger partial charge in [-0.05, 0) is 25.6 Å². The van der Waals surface area contributed by atoms with Crippen molar-refractivity contribution < 1.29 is 34.0 Å². The summed E-state index contributed by atoms with van der Waals surface area (Å²) in [6, 6.07) is 5.98. The lowest BCUT2D eigenvalue weighted by molar-refractivity contribution is -0.159. The summed E-state index contributed by atoms with van der Waals surface area (Å²) >= 11 is 0. The van der Waals surface area contributed by atoms with Crippen LogP contribution < -0.4 is 14.8 Å². The van der Waals surface area contributed by atoms with E-state index in [1.54, 1.807) is 14.2 Å². The number of hydrogen-bond donors (Lipinski definition) is 3. The lowest BCUT2D eigenvalue weighted by atomic mass is 10.2. The number of carboxylic acids is 2. The molecule has 1 heterocycles. The first-order chi connectivity index (χ1) is 13.0. The normalized spacial score (nSPS) is 14.0. The van der Waals surface area contributed by atoms with Gasteiger partial charge in [-0.25, -0.2) is 9.59 Å². The number of carbonyl (C=O) groups is 2. The first-order valence-electron chi connectivity index (χ1n) is 8.66. The lowest BCUT2D eigenvalue weighted by Crippen LogP contribution is -2.37. The summed E-state index contributed by atoms with van der Waals surface area (Å²) in [6.45, 7) is 6.78. The molecule has 1 saturated heterocycles. The Kier molecular flexibility index (Phi) is 10.8. The summed E-state index contributed by atoms with van der Waals surface area (Å²) in [4.78, 5) is 20.7. The summed E-state index contributed by atoms with van der Waals surface area (Å²) in [5, 5.41) is 18.3. The van der Waals surface area contributed by atoms with Crippen molar-refractivity contribution in [3.63, 3.8) is 0 Å². The van der Waals surface area contributed by atoms with Crippen LogP contribution in [0.25, 0.3) is 0 Å². The van der Waals surface area contributed by atoms with Crippen LogP contribution >= 0.6 is 0 Å². The largest absolute Gasteiger partial charge is 0.493 e. The molecule has 1 aliphatic heterocycles. The molecule has 1 aromatic rings. The summed E-state index contributed by atoms with van der Waals surface area (Å²) in [6.07, 6.45) is 1.15. The molecule has 0 spiro atoms. The molecule has 9 nitrogen and oxygen atoms in total. The number of rotatable bonds is 8. The van der Waals surface area contributed by atoms with Crippen molar-refractivity contribution in [1.82, 2.24) is 10.2 Å². The summed E-state index contributed by atoms with van der Waals surface area (Å²) < 4.78 is 16.1. The Morgan fingerprint density at radius 3 is 2.37 bits per heavy atom. The fourth-order valence-electron chi connectivity index (χ4n) is 2.57. The predicted molar refractivity (Wildman–Crippen MR) is 98.4 cm³/mol. The number of hydrogen-bond acceptors (Lipinski definition) is 7. The maximum Gasteiger partial charge on any atom is 0.414 e. The molecule has 3 N–H and O–H groups in total. The van der Waals surface area contributed by atoms with Crippen molar-refractivity contribution in [1.29, 1.82) is 0 Å². The zero-order chi connectivity index (χ0) is 20.1. The Bertz CT molecular complexity index is 577. The van der Waals surface area contributed by atoms with Crippen LogP contribution in [0.2, 0.25) is 0 Å². The highest BCUT2D eigenvalue weighted by Gasteiger charge is 2.10. The van der Waals surface area contributed by atoms with Gasteiger partial charge in [0.05, 0.1) is 27.4 Å². The Labute approximate surface area is 158 Å². The fourth-order valence-corrected chi connectivity index (χ4v) is 2.57. The quantitative estimate of drug-likeness (QED) is 0.439. The second kappa shape index (κ2) is 12.9. The minimum Gasteiger partial charge on any atom is -0.493 e. The van der Waals surface area contributed by atoms with Crippen molar-refractivity contribution in [2.45, 2.75) is 13.0 Å². The summed E-state index contributed by atoms with van der Waals surface area (Å²) in [5.74, 6) is -2.05. The standard InChI is InChI=1S/C16H26N2O3.C2H2O4/c1-19-15-6-3-5-14(16(15)20-2)13-17-7-4-8-18-9-11-21-12-10-18;3-1(4)2(5)6/h3,5-6,17H,4,7-13H2,1-2H3;(H,3,4)(H,5,6). The monoisotopic (exact) mass is 384 g/mol. The van der Waals surface area contributed by atoms with Gasteiger partial charge in [0.2, 0.25) is 0 Å². The molecule has 0 radical (unpaired) electrons. The van der Waals surface area contributed by atoms with E-state index >= 15 is 0 Å². The third-order valence-corrected chi connectivity index (χ3v) is 3.91. The van der Waals surface area contributed by atoms with Crippen molar-refractivity contribution in [3.8, 4) is 11.5 Å². The van der Waals surface area contributed by atoms with Gasteiger partial charge in [0.25, 0.3) is 0 Å². The van der Waals surface area contributed by atoms with Crippen molar-refractivity contribution in [2.75, 3.05) is 53.6 Å². The van der Waals surface area contributed by atoms with E-state index in [2.05, 4.69) is 16.3 Å². The van der Waals surface area contributed by atoms with E-state index in [0.29, 0.717) is 0 Å². The molecule has 0 bridgehead atoms. The number of benzene rings is 1. The van der Waals surface area contributed by atoms with E-state index in [4.69, 9.17) is 34.0 Å². The number of nitrogens with one attached hydrogen (secondary N) is 1. The van der Waals surface area contributed by atoms with Gasteiger partial charge < -0.3 is 29.7 Å². The van der Waals surface area contributed by atoms with E-state index in [-0.39, 0.29) is 0 Å². The second-order valence-corrected chi connectivity index (χ2v) is 5.75. The molecule has 1 aliphatic rings. The smallest absolute Gasteiger partial charge is 0.414 e. The summed E-state index contributed by atoms with van der Waals surface area (Å²) in [5.41, 5.74) is 1.13. The van der Waals surface area contributed by atoms with Gasteiger partial charge in [-0.15, -0.1) is 0 Å². The van der Waals surface area contributed by atoms with Gasteiger partial charge in [-0.2, -0.15) is 0 Å². The molecular weight excluding hydrogens is 356 g/mol. The third-order valence-electron chi connectivity index (χ3n) is 3.91. The van der Waals surface area contributed by atoms with Crippen LogP contribution in [-0.2, 0) is 20.9 Å². The summed E-state index contributed by atoms with van der Waals surface area (Å²) in [7, 11) is 3.34. The molecular formula is C18H28N2O7. The Hall–Kier alpha value is -2.36. The number of para-hydroxylation sites is 1. The average molecular weight is 384 g/mol. The molecule has 0 atom stereocenters. The van der Waals surface area contributed by atoms with Gasteiger partial charge in [-0.1, -0.05) is 12.1 Å². The van der Waals surface area contributed by atoms with E-state index in [1.165, 1.54) is 0 Å². The Balaban J connectivity index is 0.000000527. The predicted octanol–water partition coefficient (Wildman–Crippen LogP) is 0.671. The Morgan fingerprint density at radius 1 is 1.15 bits per heavy atom. The van der Waals surface area contributed by atoms with Crippen molar-refractivity contribution >= 4 is 11.9 Å². The number of methoxy groups -OCH3 is 2. The molecule has 0 aliphatic carbocycles. The van der Waals surface area contributed by atoms with Gasteiger partial charge >= 0.3 is 11.9 Å². The zero-order valence-corrected chi connectivity index (χ0v) is 15.8. The van der Waals surface area contributed by atoms with E-state index in [0.717, 1.165) is 69.4 Å². The van der Waals surface area contributed by atoms with Crippen LogP contribution in [-0.4, -0.2) is 80.7 Å². The van der Waals surface area contributed by atoms with Gasteiger partial charge in [0, 0.05) is 25.2 Å². The van der Waals surface area contributed by atoms with Crippen LogP contribution in [0.5, 0.6) is 11.5 Å². The zero-order valence-electron chi connectivity index (χ0n) is 15.8. The number of nitrogens with zero attached hydrogens (tertiary/aromatic N) is 1. The Morgan fingerprint density at radius 2 is 1.81 bits per heavy atom. The highest BCUT2D eigenvalue weighted by Crippen LogP contribution is 2.30. The first kappa shape index (κ1) is 22.7. The molecule has 0 amide bonds. The van der Waals surface area contributed by atoms with Crippen LogP contribution in [0.3, 0.4) is 0 Å². The van der Waals surface area contributed by atoms with Gasteiger partial charge in [-0.3, -0.25) is 4.90 Å². The maximum absolute atomic E-state index is 9.10. The minimum absolute atomic E-state index is 0.783. The van der Waals surface area contributed by atoms with Crippen molar-refractivity contribution in [3.05, 3.63) is 23.8 Å². The molecule has 0 unspecified atom stereocenters. The van der Waals surface area contributed by atoms with Crippen LogP contribution in [0.4, 0.5) is 0 Å². The number of ether oxygens (including phenoxy) is 3. The van der Waals surface area contributed by atoms with Crippen LogP contribution in [0, 0.1) is 0 Å². The van der Waals surface area contributed by atoms with E-state index in [1.807, 2.05) is 12.1 Å². The average Bonchev–Trinajstić information content (AvgIpc) is 2.68. The molecule has 9 heteroatoms. The molecule has 2 rings (SSSR count). The molecule has 1 fully saturated rings. The first-order valence-corrected chi connectivity index (χ1v) is 8.66. The number of carboxylic acid groups (broad SMARTS) is 2. The molecule has 27 heavy (non-hydrogen) atoms. The molecule has 0 saturated carbocycles. The minimum atomic E-state index is -1.82. The van der Waals surface area contributed by atoms with Crippen molar-refractivity contribution in [2.24, 2.45) is 0 Å². The maximum atomic E-state index is 9.10. The van der Waals surface area contributed by atoms with Crippen LogP contribution in [0.1, 0.15) is 12.0 Å². The van der Waals surface area contributed by atoms with Crippen LogP contribution in [0.15, 0.2) is 18.2 Å².